The van der Waals surface area contributed by atoms with Crippen LogP contribution < -0.4 is 15.9 Å². The van der Waals surface area contributed by atoms with E-state index in [0.29, 0.717) is 29.0 Å². The van der Waals surface area contributed by atoms with Crippen LogP contribution in [0.4, 0.5) is 13.2 Å². The summed E-state index contributed by atoms with van der Waals surface area (Å²) in [4.78, 5) is 27.7. The number of allylic oxidation sites excluding steroid dienone is 2. The van der Waals surface area contributed by atoms with Crippen molar-refractivity contribution in [2.45, 2.75) is 39.8 Å². The molecule has 0 radical (unpaired) electrons. The van der Waals surface area contributed by atoms with E-state index in [9.17, 15) is 22.9 Å². The topological polar surface area (TPSA) is 65.1 Å². The number of aromatic amines is 1. The fourth-order valence-electron chi connectivity index (χ4n) is 4.33. The van der Waals surface area contributed by atoms with E-state index in [1.165, 1.54) is 12.2 Å². The lowest BCUT2D eigenvalue weighted by Gasteiger charge is -2.19. The van der Waals surface area contributed by atoms with Crippen molar-refractivity contribution in [2.75, 3.05) is 6.54 Å². The number of hydrogen-bond acceptors (Lipinski definition) is 2. The Bertz CT molecular complexity index is 1300. The van der Waals surface area contributed by atoms with Crippen LogP contribution in [0.15, 0.2) is 59.7 Å². The van der Waals surface area contributed by atoms with Gasteiger partial charge >= 0.3 is 6.18 Å². The highest BCUT2D eigenvalue weighted by Crippen LogP contribution is 2.36. The number of nitrogens with one attached hydrogen (secondary N) is 2. The maximum atomic E-state index is 13.4. The summed E-state index contributed by atoms with van der Waals surface area (Å²) in [6, 6.07) is 11.4. The Morgan fingerprint density at radius 2 is 1.71 bits per heavy atom. The lowest BCUT2D eigenvalue weighted by atomic mass is 9.97. The van der Waals surface area contributed by atoms with Crippen LogP contribution in [-0.4, -0.2) is 28.5 Å². The van der Waals surface area contributed by atoms with Crippen molar-refractivity contribution in [3.8, 4) is 0 Å². The molecule has 4 nitrogen and oxygen atoms in total. The Balaban J connectivity index is 1.70. The van der Waals surface area contributed by atoms with Crippen LogP contribution in [0.5, 0.6) is 0 Å². The number of aromatic nitrogens is 1. The maximum absolute atomic E-state index is 13.4. The minimum Gasteiger partial charge on any atom is -0.364 e. The Hall–Kier alpha value is -2.89. The number of aryl methyl sites for hydroxylation is 3. The van der Waals surface area contributed by atoms with Crippen molar-refractivity contribution >= 4 is 35.6 Å². The number of amides is 1. The number of benzene rings is 2. The molecule has 8 heteroatoms. The van der Waals surface area contributed by atoms with Gasteiger partial charge in [0.1, 0.15) is 5.69 Å². The normalized spacial score (nSPS) is 15.1. The predicted molar refractivity (Wildman–Crippen MR) is 131 cm³/mol. The van der Waals surface area contributed by atoms with Gasteiger partial charge in [-0.2, -0.15) is 13.2 Å². The number of rotatable bonds is 5. The summed E-state index contributed by atoms with van der Waals surface area (Å²) in [5, 5.41) is 4.55. The van der Waals surface area contributed by atoms with Crippen molar-refractivity contribution in [3.63, 3.8) is 0 Å². The second kappa shape index (κ2) is 9.40. The molecule has 0 spiro atoms. The van der Waals surface area contributed by atoms with Gasteiger partial charge in [-0.1, -0.05) is 41.0 Å². The second-order valence-corrected chi connectivity index (χ2v) is 10.2. The number of halogens is 3. The van der Waals surface area contributed by atoms with Gasteiger partial charge in [0.05, 0.1) is 13.7 Å². The molecule has 0 saturated heterocycles. The van der Waals surface area contributed by atoms with E-state index in [0.717, 1.165) is 22.1 Å². The SMILES string of the molecule is Cc1cc(C)cc(P(O)c2c(C(=O)NCC3=CCCC=C3C(F)(F)F)[nH]c3ccc(C)cc23)c1. The lowest BCUT2D eigenvalue weighted by Crippen LogP contribution is -2.32. The van der Waals surface area contributed by atoms with Crippen LogP contribution in [0.1, 0.15) is 40.0 Å². The van der Waals surface area contributed by atoms with Crippen LogP contribution in [0, 0.1) is 20.8 Å². The molecule has 178 valence electrons. The van der Waals surface area contributed by atoms with Crippen molar-refractivity contribution in [2.24, 2.45) is 0 Å². The van der Waals surface area contributed by atoms with Crippen LogP contribution >= 0.6 is 8.15 Å². The molecule has 34 heavy (non-hydrogen) atoms. The molecular formula is C26H26F3N2O2P. The standard InChI is InChI=1S/C26H26F3N2O2P/c1-15-8-9-22-20(13-15)24(34(33)19-11-16(2)10-17(3)12-19)23(31-22)25(32)30-14-18-6-4-5-7-21(18)26(27,28)29/h6-13,31,33H,4-5,14H2,1-3H3,(H,30,32). The molecule has 3 N–H and O–H groups in total. The summed E-state index contributed by atoms with van der Waals surface area (Å²) in [6.45, 7) is 5.56. The molecule has 2 aromatic carbocycles. The fourth-order valence-corrected chi connectivity index (χ4v) is 6.03. The third-order valence-corrected chi connectivity index (χ3v) is 7.45. The average Bonchev–Trinajstić information content (AvgIpc) is 3.14. The quantitative estimate of drug-likeness (QED) is 0.425. The summed E-state index contributed by atoms with van der Waals surface area (Å²) in [6.07, 6.45) is -0.958. The molecule has 1 heterocycles. The summed E-state index contributed by atoms with van der Waals surface area (Å²) in [5.41, 5.74) is 3.17. The number of alkyl halides is 3. The van der Waals surface area contributed by atoms with Gasteiger partial charge in [0, 0.05) is 28.1 Å². The molecule has 1 aliphatic rings. The zero-order chi connectivity index (χ0) is 24.6. The molecule has 1 amide bonds. The van der Waals surface area contributed by atoms with Gasteiger partial charge in [-0.05, 0) is 63.5 Å². The van der Waals surface area contributed by atoms with E-state index in [2.05, 4.69) is 10.3 Å². The van der Waals surface area contributed by atoms with E-state index in [1.807, 2.05) is 57.2 Å². The summed E-state index contributed by atoms with van der Waals surface area (Å²) >= 11 is 0. The van der Waals surface area contributed by atoms with Gasteiger partial charge in [0.25, 0.3) is 5.91 Å². The molecular weight excluding hydrogens is 460 g/mol. The van der Waals surface area contributed by atoms with Crippen molar-refractivity contribution < 1.29 is 22.9 Å². The van der Waals surface area contributed by atoms with Gasteiger partial charge < -0.3 is 15.2 Å². The number of hydrogen-bond donors (Lipinski definition) is 3. The predicted octanol–water partition coefficient (Wildman–Crippen LogP) is 5.37. The first-order chi connectivity index (χ1) is 16.0. The Morgan fingerprint density at radius 3 is 2.38 bits per heavy atom. The highest BCUT2D eigenvalue weighted by Gasteiger charge is 2.36. The van der Waals surface area contributed by atoms with Crippen molar-refractivity contribution in [3.05, 3.63) is 82.1 Å². The highest BCUT2D eigenvalue weighted by atomic mass is 31.1. The van der Waals surface area contributed by atoms with E-state index < -0.39 is 25.8 Å². The average molecular weight is 486 g/mol. The number of carbonyl (C=O) groups excluding carboxylic acids is 1. The van der Waals surface area contributed by atoms with Gasteiger partial charge in [-0.25, -0.2) is 0 Å². The Labute approximate surface area is 197 Å². The molecule has 0 aliphatic heterocycles. The fraction of sp³-hybridized carbons (Fsp3) is 0.269. The number of carbonyl (C=O) groups is 1. The van der Waals surface area contributed by atoms with Gasteiger partial charge in [-0.15, -0.1) is 0 Å². The van der Waals surface area contributed by atoms with E-state index in [-0.39, 0.29) is 17.8 Å². The van der Waals surface area contributed by atoms with Crippen LogP contribution in [0.25, 0.3) is 10.9 Å². The zero-order valence-corrected chi connectivity index (χ0v) is 20.1. The van der Waals surface area contributed by atoms with Gasteiger partial charge in [-0.3, -0.25) is 4.79 Å². The minimum atomic E-state index is -4.47. The largest absolute Gasteiger partial charge is 0.416 e. The summed E-state index contributed by atoms with van der Waals surface area (Å²) in [7, 11) is -1.88. The first-order valence-corrected chi connectivity index (χ1v) is 12.3. The van der Waals surface area contributed by atoms with Gasteiger partial charge in [0.2, 0.25) is 0 Å². The minimum absolute atomic E-state index is 0.0566. The summed E-state index contributed by atoms with van der Waals surface area (Å²) in [5.74, 6) is -0.553. The first kappa shape index (κ1) is 24.2. The van der Waals surface area contributed by atoms with E-state index >= 15 is 0 Å². The maximum Gasteiger partial charge on any atom is 0.416 e. The monoisotopic (exact) mass is 486 g/mol. The third-order valence-electron chi connectivity index (χ3n) is 5.81. The van der Waals surface area contributed by atoms with Gasteiger partial charge in [0.15, 0.2) is 0 Å². The Kier molecular flexibility index (Phi) is 6.70. The lowest BCUT2D eigenvalue weighted by molar-refractivity contribution is -0.0899. The van der Waals surface area contributed by atoms with Crippen molar-refractivity contribution in [1.29, 1.82) is 0 Å². The van der Waals surface area contributed by atoms with Crippen LogP contribution in [0.2, 0.25) is 0 Å². The van der Waals surface area contributed by atoms with Crippen molar-refractivity contribution in [1.82, 2.24) is 10.3 Å². The Morgan fingerprint density at radius 1 is 1.03 bits per heavy atom. The first-order valence-electron chi connectivity index (χ1n) is 11.0. The van der Waals surface area contributed by atoms with Crippen LogP contribution in [-0.2, 0) is 0 Å². The summed E-state index contributed by atoms with van der Waals surface area (Å²) < 4.78 is 40.1. The molecule has 1 atom stereocenters. The smallest absolute Gasteiger partial charge is 0.364 e. The highest BCUT2D eigenvalue weighted by molar-refractivity contribution is 7.68. The molecule has 0 fully saturated rings. The number of fused-ring (bicyclic) bond motifs is 1. The molecule has 1 aliphatic carbocycles. The molecule has 0 saturated carbocycles. The number of H-pyrrole nitrogens is 1. The zero-order valence-electron chi connectivity index (χ0n) is 19.2. The molecule has 4 rings (SSSR count). The second-order valence-electron chi connectivity index (χ2n) is 8.66. The van der Waals surface area contributed by atoms with Crippen LogP contribution in [0.3, 0.4) is 0 Å². The molecule has 0 bridgehead atoms. The van der Waals surface area contributed by atoms with E-state index in [1.54, 1.807) is 0 Å². The molecule has 1 unspecified atom stereocenters. The van der Waals surface area contributed by atoms with E-state index in [4.69, 9.17) is 0 Å². The third kappa shape index (κ3) is 4.96. The molecule has 1 aromatic heterocycles. The molecule has 3 aromatic rings.